The number of furan rings is 1. The molecule has 26 heavy (non-hydrogen) atoms. The normalized spacial score (nSPS) is 11.3. The van der Waals surface area contributed by atoms with Gasteiger partial charge in [0.15, 0.2) is 5.76 Å². The number of methoxy groups -OCH3 is 1. The Morgan fingerprint density at radius 1 is 1.15 bits per heavy atom. The Bertz CT molecular complexity index is 1090. The van der Waals surface area contributed by atoms with Crippen molar-refractivity contribution in [3.05, 3.63) is 53.2 Å². The molecule has 9 heteroatoms. The van der Waals surface area contributed by atoms with Crippen molar-refractivity contribution in [1.82, 2.24) is 0 Å². The number of amides is 1. The van der Waals surface area contributed by atoms with Gasteiger partial charge in [-0.15, -0.1) is 0 Å². The molecule has 0 saturated carbocycles. The monoisotopic (exact) mass is 394 g/mol. The molecule has 0 saturated heterocycles. The lowest BCUT2D eigenvalue weighted by molar-refractivity contribution is 0.0998. The van der Waals surface area contributed by atoms with Crippen molar-refractivity contribution in [3.63, 3.8) is 0 Å². The third-order valence-electron chi connectivity index (χ3n) is 3.45. The third kappa shape index (κ3) is 4.09. The lowest BCUT2D eigenvalue weighted by Crippen LogP contribution is -2.13. The van der Waals surface area contributed by atoms with Gasteiger partial charge >= 0.3 is 0 Å². The van der Waals surface area contributed by atoms with Crippen LogP contribution < -0.4 is 14.8 Å². The molecule has 1 aromatic heterocycles. The van der Waals surface area contributed by atoms with Gasteiger partial charge < -0.3 is 14.5 Å². The molecule has 3 aromatic rings. The summed E-state index contributed by atoms with van der Waals surface area (Å²) in [6.45, 7) is 0. The predicted octanol–water partition coefficient (Wildman–Crippen LogP) is 3.72. The average molecular weight is 395 g/mol. The fourth-order valence-electron chi connectivity index (χ4n) is 2.38. The molecule has 0 fully saturated rings. The number of rotatable bonds is 5. The van der Waals surface area contributed by atoms with Crippen LogP contribution in [-0.4, -0.2) is 27.7 Å². The van der Waals surface area contributed by atoms with Crippen LogP contribution in [-0.2, 0) is 10.0 Å². The van der Waals surface area contributed by atoms with Crippen LogP contribution in [0.3, 0.4) is 0 Å². The number of nitrogens with one attached hydrogen (secondary N) is 2. The van der Waals surface area contributed by atoms with Crippen molar-refractivity contribution in [2.24, 2.45) is 0 Å². The number of sulfonamides is 1. The van der Waals surface area contributed by atoms with Crippen molar-refractivity contribution in [3.8, 4) is 5.75 Å². The lowest BCUT2D eigenvalue weighted by atomic mass is 10.2. The van der Waals surface area contributed by atoms with Crippen LogP contribution in [0.5, 0.6) is 5.75 Å². The predicted molar refractivity (Wildman–Crippen MR) is 101 cm³/mol. The molecule has 0 aliphatic rings. The molecule has 0 unspecified atom stereocenters. The highest BCUT2D eigenvalue weighted by atomic mass is 35.5. The van der Waals surface area contributed by atoms with Crippen LogP contribution in [0.2, 0.25) is 5.02 Å². The largest absolute Gasteiger partial charge is 0.495 e. The van der Waals surface area contributed by atoms with E-state index >= 15 is 0 Å². The number of anilines is 2. The van der Waals surface area contributed by atoms with Gasteiger partial charge in [0.25, 0.3) is 5.91 Å². The van der Waals surface area contributed by atoms with Crippen molar-refractivity contribution < 1.29 is 22.4 Å². The first-order chi connectivity index (χ1) is 12.2. The molecule has 7 nitrogen and oxygen atoms in total. The van der Waals surface area contributed by atoms with Crippen molar-refractivity contribution >= 4 is 49.9 Å². The standard InChI is InChI=1S/C17H15ClN2O5S/c1-24-15-6-4-12(9-13(15)20-26(2,22)23)19-17(21)16-8-10-7-11(18)3-5-14(10)25-16/h3-9,20H,1-2H3,(H,19,21). The minimum Gasteiger partial charge on any atom is -0.495 e. The van der Waals surface area contributed by atoms with E-state index in [4.69, 9.17) is 20.8 Å². The van der Waals surface area contributed by atoms with E-state index in [9.17, 15) is 13.2 Å². The van der Waals surface area contributed by atoms with Crippen LogP contribution in [0.25, 0.3) is 11.0 Å². The fraction of sp³-hybridized carbons (Fsp3) is 0.118. The Hall–Kier alpha value is -2.71. The second-order valence-corrected chi connectivity index (χ2v) is 7.72. The van der Waals surface area contributed by atoms with Gasteiger partial charge in [0.05, 0.1) is 19.1 Å². The first-order valence-corrected chi connectivity index (χ1v) is 9.68. The number of halogens is 1. The highest BCUT2D eigenvalue weighted by Crippen LogP contribution is 2.29. The highest BCUT2D eigenvalue weighted by Gasteiger charge is 2.15. The third-order valence-corrected chi connectivity index (χ3v) is 4.28. The van der Waals surface area contributed by atoms with Gasteiger partial charge in [0.1, 0.15) is 11.3 Å². The average Bonchev–Trinajstić information content (AvgIpc) is 2.97. The van der Waals surface area contributed by atoms with E-state index in [0.717, 1.165) is 6.26 Å². The molecule has 2 aromatic carbocycles. The maximum atomic E-state index is 12.4. The Kier molecular flexibility index (Phi) is 4.80. The van der Waals surface area contributed by atoms with Crippen molar-refractivity contribution in [2.45, 2.75) is 0 Å². The van der Waals surface area contributed by atoms with Gasteiger partial charge in [0, 0.05) is 16.1 Å². The summed E-state index contributed by atoms with van der Waals surface area (Å²) in [5.74, 6) is -0.0460. The number of fused-ring (bicyclic) bond motifs is 1. The molecular formula is C17H15ClN2O5S. The summed E-state index contributed by atoms with van der Waals surface area (Å²) in [7, 11) is -2.09. The second kappa shape index (κ2) is 6.89. The summed E-state index contributed by atoms with van der Waals surface area (Å²) in [4.78, 5) is 12.4. The number of hydrogen-bond donors (Lipinski definition) is 2. The molecule has 3 rings (SSSR count). The summed E-state index contributed by atoms with van der Waals surface area (Å²) >= 11 is 5.93. The molecule has 0 aliphatic heterocycles. The molecule has 0 spiro atoms. The number of ether oxygens (including phenoxy) is 1. The summed E-state index contributed by atoms with van der Waals surface area (Å²) < 4.78 is 35.9. The minimum absolute atomic E-state index is 0.107. The second-order valence-electron chi connectivity index (χ2n) is 5.54. The van der Waals surface area contributed by atoms with Gasteiger partial charge in [-0.3, -0.25) is 9.52 Å². The Morgan fingerprint density at radius 2 is 1.92 bits per heavy atom. The van der Waals surface area contributed by atoms with E-state index in [1.165, 1.54) is 13.2 Å². The quantitative estimate of drug-likeness (QED) is 0.687. The zero-order chi connectivity index (χ0) is 18.9. The van der Waals surface area contributed by atoms with E-state index in [-0.39, 0.29) is 11.4 Å². The van der Waals surface area contributed by atoms with E-state index in [1.807, 2.05) is 0 Å². The Balaban J connectivity index is 1.87. The van der Waals surface area contributed by atoms with Crippen LogP contribution in [0, 0.1) is 0 Å². The molecule has 1 heterocycles. The highest BCUT2D eigenvalue weighted by molar-refractivity contribution is 7.92. The fourth-order valence-corrected chi connectivity index (χ4v) is 3.12. The minimum atomic E-state index is -3.50. The Labute approximate surface area is 154 Å². The molecule has 1 amide bonds. The smallest absolute Gasteiger partial charge is 0.291 e. The zero-order valence-electron chi connectivity index (χ0n) is 13.9. The van der Waals surface area contributed by atoms with Crippen LogP contribution in [0.4, 0.5) is 11.4 Å². The number of carbonyl (C=O) groups is 1. The summed E-state index contributed by atoms with van der Waals surface area (Å²) in [6.07, 6.45) is 1.03. The van der Waals surface area contributed by atoms with E-state index in [1.54, 1.807) is 36.4 Å². The van der Waals surface area contributed by atoms with Crippen molar-refractivity contribution in [2.75, 3.05) is 23.4 Å². The van der Waals surface area contributed by atoms with Crippen molar-refractivity contribution in [1.29, 1.82) is 0 Å². The number of benzene rings is 2. The first-order valence-electron chi connectivity index (χ1n) is 7.41. The van der Waals surface area contributed by atoms with Crippen LogP contribution in [0.15, 0.2) is 46.9 Å². The molecule has 0 bridgehead atoms. The van der Waals surface area contributed by atoms with Gasteiger partial charge in [0.2, 0.25) is 10.0 Å². The zero-order valence-corrected chi connectivity index (χ0v) is 15.4. The van der Waals surface area contributed by atoms with E-state index in [2.05, 4.69) is 10.0 Å². The Morgan fingerprint density at radius 3 is 2.62 bits per heavy atom. The van der Waals surface area contributed by atoms with Gasteiger partial charge in [-0.1, -0.05) is 11.6 Å². The maximum absolute atomic E-state index is 12.4. The summed E-state index contributed by atoms with van der Waals surface area (Å²) in [5.41, 5.74) is 1.12. The summed E-state index contributed by atoms with van der Waals surface area (Å²) in [5, 5.41) is 3.90. The molecule has 2 N–H and O–H groups in total. The van der Waals surface area contributed by atoms with E-state index in [0.29, 0.717) is 27.4 Å². The topological polar surface area (TPSA) is 97.6 Å². The van der Waals surface area contributed by atoms with Gasteiger partial charge in [-0.2, -0.15) is 0 Å². The summed E-state index contributed by atoms with van der Waals surface area (Å²) in [6, 6.07) is 11.2. The van der Waals surface area contributed by atoms with Gasteiger partial charge in [-0.05, 0) is 42.5 Å². The van der Waals surface area contributed by atoms with Gasteiger partial charge in [-0.25, -0.2) is 8.42 Å². The maximum Gasteiger partial charge on any atom is 0.291 e. The number of hydrogen-bond acceptors (Lipinski definition) is 5. The molecule has 0 atom stereocenters. The molecule has 0 radical (unpaired) electrons. The molecule has 0 aliphatic carbocycles. The SMILES string of the molecule is COc1ccc(NC(=O)c2cc3cc(Cl)ccc3o2)cc1NS(C)(=O)=O. The molecular weight excluding hydrogens is 380 g/mol. The lowest BCUT2D eigenvalue weighted by Gasteiger charge is -2.12. The van der Waals surface area contributed by atoms with Crippen LogP contribution in [0.1, 0.15) is 10.6 Å². The molecule has 136 valence electrons. The first kappa shape index (κ1) is 18.1. The van der Waals surface area contributed by atoms with Crippen LogP contribution >= 0.6 is 11.6 Å². The number of carbonyl (C=O) groups excluding carboxylic acids is 1. The van der Waals surface area contributed by atoms with E-state index < -0.39 is 15.9 Å².